The van der Waals surface area contributed by atoms with Crippen LogP contribution in [0.1, 0.15) is 58.3 Å². The summed E-state index contributed by atoms with van der Waals surface area (Å²) in [5.41, 5.74) is 12.3. The molecule has 0 aromatic carbocycles. The Morgan fingerprint density at radius 3 is 2.44 bits per heavy atom. The smallest absolute Gasteiger partial charge is 0.00672 e. The van der Waals surface area contributed by atoms with Crippen LogP contribution in [0.5, 0.6) is 0 Å². The van der Waals surface area contributed by atoms with Crippen LogP contribution in [0.4, 0.5) is 0 Å². The first-order chi connectivity index (χ1) is 7.66. The predicted octanol–water partition coefficient (Wildman–Crippen LogP) is 2.66. The molecule has 0 amide bonds. The van der Waals surface area contributed by atoms with Gasteiger partial charge in [0.25, 0.3) is 0 Å². The largest absolute Gasteiger partial charge is 0.328 e. The van der Waals surface area contributed by atoms with E-state index in [9.17, 15) is 0 Å². The van der Waals surface area contributed by atoms with Gasteiger partial charge >= 0.3 is 0 Å². The lowest BCUT2D eigenvalue weighted by molar-refractivity contribution is 0.164. The summed E-state index contributed by atoms with van der Waals surface area (Å²) in [7, 11) is 0. The molecule has 0 saturated heterocycles. The third-order valence-electron chi connectivity index (χ3n) is 4.98. The zero-order valence-electron chi connectivity index (χ0n) is 10.7. The van der Waals surface area contributed by atoms with Crippen molar-refractivity contribution in [3.05, 3.63) is 0 Å². The van der Waals surface area contributed by atoms with Gasteiger partial charge in [0.2, 0.25) is 0 Å². The normalized spacial score (nSPS) is 45.6. The Hall–Kier alpha value is -0.0800. The van der Waals surface area contributed by atoms with Crippen LogP contribution in [-0.4, -0.2) is 12.1 Å². The third kappa shape index (κ3) is 2.98. The summed E-state index contributed by atoms with van der Waals surface area (Å²) in [6.45, 7) is 2.41. The van der Waals surface area contributed by atoms with Gasteiger partial charge in [0.05, 0.1) is 0 Å². The quantitative estimate of drug-likeness (QED) is 0.757. The summed E-state index contributed by atoms with van der Waals surface area (Å²) in [4.78, 5) is 0. The Kier molecular flexibility index (Phi) is 4.26. The molecule has 2 heteroatoms. The van der Waals surface area contributed by atoms with Crippen molar-refractivity contribution in [2.24, 2.45) is 29.2 Å². The summed E-state index contributed by atoms with van der Waals surface area (Å²) in [5, 5.41) is 0. The van der Waals surface area contributed by atoms with Gasteiger partial charge in [0.15, 0.2) is 0 Å². The Balaban J connectivity index is 1.86. The van der Waals surface area contributed by atoms with Crippen molar-refractivity contribution in [2.45, 2.75) is 70.4 Å². The van der Waals surface area contributed by atoms with Crippen LogP contribution in [-0.2, 0) is 0 Å². The van der Waals surface area contributed by atoms with Gasteiger partial charge in [-0.1, -0.05) is 19.8 Å². The highest BCUT2D eigenvalue weighted by molar-refractivity contribution is 4.85. The molecule has 2 saturated carbocycles. The highest BCUT2D eigenvalue weighted by Crippen LogP contribution is 2.37. The molecule has 0 aromatic heterocycles. The number of hydrogen-bond acceptors (Lipinski definition) is 2. The van der Waals surface area contributed by atoms with Gasteiger partial charge in [-0.3, -0.25) is 0 Å². The maximum absolute atomic E-state index is 6.24. The minimum Gasteiger partial charge on any atom is -0.328 e. The fourth-order valence-corrected chi connectivity index (χ4v) is 3.70. The maximum Gasteiger partial charge on any atom is 0.00672 e. The fraction of sp³-hybridized carbons (Fsp3) is 1.00. The lowest BCUT2D eigenvalue weighted by Crippen LogP contribution is -2.38. The van der Waals surface area contributed by atoms with Crippen molar-refractivity contribution in [1.82, 2.24) is 0 Å². The van der Waals surface area contributed by atoms with E-state index in [4.69, 9.17) is 11.5 Å². The van der Waals surface area contributed by atoms with Crippen LogP contribution in [0.25, 0.3) is 0 Å². The molecule has 16 heavy (non-hydrogen) atoms. The zero-order valence-corrected chi connectivity index (χ0v) is 10.7. The topological polar surface area (TPSA) is 52.0 Å². The highest BCUT2D eigenvalue weighted by atomic mass is 14.7. The van der Waals surface area contributed by atoms with Gasteiger partial charge in [0, 0.05) is 12.1 Å². The van der Waals surface area contributed by atoms with Crippen molar-refractivity contribution < 1.29 is 0 Å². The molecule has 4 N–H and O–H groups in total. The summed E-state index contributed by atoms with van der Waals surface area (Å²) >= 11 is 0. The van der Waals surface area contributed by atoms with Crippen LogP contribution < -0.4 is 11.5 Å². The van der Waals surface area contributed by atoms with Crippen molar-refractivity contribution in [1.29, 1.82) is 0 Å². The minimum absolute atomic E-state index is 0.459. The maximum atomic E-state index is 6.24. The molecule has 0 radical (unpaired) electrons. The molecule has 2 rings (SSSR count). The number of rotatable bonds is 2. The average molecular weight is 224 g/mol. The lowest BCUT2D eigenvalue weighted by Gasteiger charge is -2.37. The van der Waals surface area contributed by atoms with Crippen LogP contribution in [0.15, 0.2) is 0 Å². The summed E-state index contributed by atoms with van der Waals surface area (Å²) in [6, 6.07) is 0.931. The van der Waals surface area contributed by atoms with Gasteiger partial charge in [-0.15, -0.1) is 0 Å². The zero-order chi connectivity index (χ0) is 11.5. The van der Waals surface area contributed by atoms with Crippen molar-refractivity contribution in [3.8, 4) is 0 Å². The van der Waals surface area contributed by atoms with Crippen molar-refractivity contribution in [3.63, 3.8) is 0 Å². The van der Waals surface area contributed by atoms with Gasteiger partial charge in [-0.25, -0.2) is 0 Å². The first kappa shape index (κ1) is 12.4. The molecule has 94 valence electrons. The molecular weight excluding hydrogens is 196 g/mol. The molecule has 2 aliphatic carbocycles. The van der Waals surface area contributed by atoms with Crippen LogP contribution in [0, 0.1) is 17.8 Å². The van der Waals surface area contributed by atoms with Crippen LogP contribution in [0.2, 0.25) is 0 Å². The molecular formula is C14H28N2. The Morgan fingerprint density at radius 2 is 1.69 bits per heavy atom. The van der Waals surface area contributed by atoms with E-state index >= 15 is 0 Å². The molecule has 5 atom stereocenters. The third-order valence-corrected chi connectivity index (χ3v) is 4.98. The van der Waals surface area contributed by atoms with E-state index in [1.54, 1.807) is 0 Å². The first-order valence-corrected chi connectivity index (χ1v) is 7.18. The monoisotopic (exact) mass is 224 g/mol. The average Bonchev–Trinajstić information content (AvgIpc) is 2.27. The Labute approximate surface area is 100 Å². The molecule has 5 unspecified atom stereocenters. The van der Waals surface area contributed by atoms with E-state index in [1.165, 1.54) is 51.4 Å². The number of hydrogen-bond donors (Lipinski definition) is 2. The molecule has 2 nitrogen and oxygen atoms in total. The second-order valence-electron chi connectivity index (χ2n) is 6.25. The molecule has 0 bridgehead atoms. The first-order valence-electron chi connectivity index (χ1n) is 7.18. The van der Waals surface area contributed by atoms with E-state index in [-0.39, 0.29) is 0 Å². The van der Waals surface area contributed by atoms with Gasteiger partial charge < -0.3 is 11.5 Å². The van der Waals surface area contributed by atoms with Gasteiger partial charge in [-0.05, 0) is 56.3 Å². The summed E-state index contributed by atoms with van der Waals surface area (Å²) in [6.07, 6.45) is 10.5. The van der Waals surface area contributed by atoms with E-state index in [2.05, 4.69) is 6.92 Å². The Morgan fingerprint density at radius 1 is 0.938 bits per heavy atom. The van der Waals surface area contributed by atoms with Crippen molar-refractivity contribution >= 4 is 0 Å². The van der Waals surface area contributed by atoms with E-state index in [0.29, 0.717) is 12.1 Å². The molecule has 2 fully saturated rings. The predicted molar refractivity (Wildman–Crippen MR) is 69.0 cm³/mol. The fourth-order valence-electron chi connectivity index (χ4n) is 3.70. The standard InChI is InChI=1S/C14H28N2/c1-10-6-7-13(15)9-12(10)8-11-4-2-3-5-14(11)16/h10-14H,2-9,15-16H2,1H3. The highest BCUT2D eigenvalue weighted by Gasteiger charge is 2.30. The minimum atomic E-state index is 0.459. The second-order valence-corrected chi connectivity index (χ2v) is 6.25. The Bertz CT molecular complexity index is 217. The van der Waals surface area contributed by atoms with Gasteiger partial charge in [0.1, 0.15) is 0 Å². The molecule has 0 spiro atoms. The second kappa shape index (κ2) is 5.50. The molecule has 0 heterocycles. The molecule has 2 aliphatic rings. The molecule has 0 aromatic rings. The molecule has 0 aliphatic heterocycles. The summed E-state index contributed by atoms with van der Waals surface area (Å²) in [5.74, 6) is 2.50. The lowest BCUT2D eigenvalue weighted by atomic mass is 9.70. The van der Waals surface area contributed by atoms with E-state index in [1.807, 2.05) is 0 Å². The number of nitrogens with two attached hydrogens (primary N) is 2. The van der Waals surface area contributed by atoms with Gasteiger partial charge in [-0.2, -0.15) is 0 Å². The van der Waals surface area contributed by atoms with Crippen molar-refractivity contribution in [2.75, 3.05) is 0 Å². The van der Waals surface area contributed by atoms with E-state index in [0.717, 1.165) is 17.8 Å². The summed E-state index contributed by atoms with van der Waals surface area (Å²) < 4.78 is 0. The van der Waals surface area contributed by atoms with Crippen LogP contribution >= 0.6 is 0 Å². The van der Waals surface area contributed by atoms with Crippen LogP contribution in [0.3, 0.4) is 0 Å². The van der Waals surface area contributed by atoms with E-state index < -0.39 is 0 Å². The SMILES string of the molecule is CC1CCC(N)CC1CC1CCCCC1N.